The number of aryl methyl sites for hydroxylation is 2. The summed E-state index contributed by atoms with van der Waals surface area (Å²) in [4.78, 5) is 27.2. The van der Waals surface area contributed by atoms with Crippen molar-refractivity contribution < 1.29 is 14.3 Å². The zero-order valence-electron chi connectivity index (χ0n) is 18.2. The van der Waals surface area contributed by atoms with E-state index < -0.39 is 6.04 Å². The third kappa shape index (κ3) is 6.87. The summed E-state index contributed by atoms with van der Waals surface area (Å²) in [6.45, 7) is 8.64. The van der Waals surface area contributed by atoms with Crippen LogP contribution >= 0.6 is 15.9 Å². The van der Waals surface area contributed by atoms with Gasteiger partial charge in [-0.1, -0.05) is 59.6 Å². The number of hydrogen-bond acceptors (Lipinski definition) is 3. The number of hydrogen-bond donors (Lipinski definition) is 1. The Morgan fingerprint density at radius 3 is 2.37 bits per heavy atom. The van der Waals surface area contributed by atoms with Crippen molar-refractivity contribution in [3.63, 3.8) is 0 Å². The lowest BCUT2D eigenvalue weighted by molar-refractivity contribution is -0.142. The molecule has 0 saturated carbocycles. The van der Waals surface area contributed by atoms with Crippen molar-refractivity contribution in [1.29, 1.82) is 0 Å². The Hall–Kier alpha value is -2.34. The van der Waals surface area contributed by atoms with Crippen LogP contribution in [0.4, 0.5) is 0 Å². The maximum Gasteiger partial charge on any atom is 0.261 e. The van der Waals surface area contributed by atoms with E-state index in [2.05, 4.69) is 28.2 Å². The second-order valence-corrected chi connectivity index (χ2v) is 8.28. The van der Waals surface area contributed by atoms with Crippen LogP contribution in [0.3, 0.4) is 0 Å². The van der Waals surface area contributed by atoms with Gasteiger partial charge in [0.15, 0.2) is 6.61 Å². The molecule has 2 aromatic rings. The molecule has 2 rings (SSSR count). The zero-order valence-corrected chi connectivity index (χ0v) is 19.8. The third-order valence-electron chi connectivity index (χ3n) is 4.96. The molecule has 1 atom stereocenters. The van der Waals surface area contributed by atoms with Gasteiger partial charge in [-0.05, 0) is 56.0 Å². The van der Waals surface area contributed by atoms with Gasteiger partial charge >= 0.3 is 0 Å². The molecule has 0 aliphatic carbocycles. The molecule has 0 heterocycles. The quantitative estimate of drug-likeness (QED) is 0.504. The van der Waals surface area contributed by atoms with E-state index in [1.807, 2.05) is 56.3 Å². The second kappa shape index (κ2) is 11.7. The number of benzene rings is 2. The van der Waals surface area contributed by atoms with Crippen LogP contribution in [0.25, 0.3) is 0 Å². The van der Waals surface area contributed by atoms with Gasteiger partial charge in [0.25, 0.3) is 5.91 Å². The number of carbonyl (C=O) groups excluding carboxylic acids is 2. The van der Waals surface area contributed by atoms with Crippen LogP contribution in [0.1, 0.15) is 43.4 Å². The lowest BCUT2D eigenvalue weighted by Gasteiger charge is -2.28. The number of unbranched alkanes of at least 4 members (excludes halogenated alkanes) is 1. The maximum absolute atomic E-state index is 13.0. The Kier molecular flexibility index (Phi) is 9.37. The molecule has 5 nitrogen and oxygen atoms in total. The molecule has 6 heteroatoms. The predicted molar refractivity (Wildman–Crippen MR) is 123 cm³/mol. The summed E-state index contributed by atoms with van der Waals surface area (Å²) < 4.78 is 6.82. The highest BCUT2D eigenvalue weighted by molar-refractivity contribution is 9.10. The average molecular weight is 475 g/mol. The molecular weight excluding hydrogens is 444 g/mol. The number of nitrogens with zero attached hydrogens (tertiary/aromatic N) is 1. The predicted octanol–water partition coefficient (Wildman–Crippen LogP) is 4.78. The average Bonchev–Trinajstić information content (AvgIpc) is 2.74. The largest absolute Gasteiger partial charge is 0.484 e. The fourth-order valence-electron chi connectivity index (χ4n) is 3.12. The molecule has 0 aliphatic heterocycles. The number of halogens is 1. The number of carbonyl (C=O) groups is 2. The third-order valence-corrected chi connectivity index (χ3v) is 6.22. The molecule has 162 valence electrons. The van der Waals surface area contributed by atoms with Gasteiger partial charge in [-0.15, -0.1) is 0 Å². The molecule has 1 N–H and O–H groups in total. The van der Waals surface area contributed by atoms with Crippen molar-refractivity contribution in [2.45, 2.75) is 53.1 Å². The van der Waals surface area contributed by atoms with E-state index in [0.717, 1.165) is 34.0 Å². The first kappa shape index (κ1) is 23.9. The zero-order chi connectivity index (χ0) is 22.1. The topological polar surface area (TPSA) is 58.6 Å². The Morgan fingerprint density at radius 2 is 1.77 bits per heavy atom. The van der Waals surface area contributed by atoms with Crippen LogP contribution in [0, 0.1) is 13.8 Å². The van der Waals surface area contributed by atoms with Gasteiger partial charge in [-0.3, -0.25) is 9.59 Å². The van der Waals surface area contributed by atoms with Crippen LogP contribution < -0.4 is 10.1 Å². The van der Waals surface area contributed by atoms with E-state index in [4.69, 9.17) is 4.74 Å². The molecule has 0 saturated heterocycles. The lowest BCUT2D eigenvalue weighted by atomic mass is 10.1. The molecule has 2 aromatic carbocycles. The molecule has 0 aliphatic rings. The molecule has 0 radical (unpaired) electrons. The highest BCUT2D eigenvalue weighted by atomic mass is 79.9. The van der Waals surface area contributed by atoms with Gasteiger partial charge in [0.2, 0.25) is 5.91 Å². The van der Waals surface area contributed by atoms with Crippen molar-refractivity contribution >= 4 is 27.7 Å². The van der Waals surface area contributed by atoms with Crippen molar-refractivity contribution in [3.05, 3.63) is 63.6 Å². The number of amides is 2. The normalized spacial score (nSPS) is 11.6. The van der Waals surface area contributed by atoms with Crippen LogP contribution in [0.2, 0.25) is 0 Å². The minimum Gasteiger partial charge on any atom is -0.484 e. The van der Waals surface area contributed by atoms with Crippen molar-refractivity contribution in [3.8, 4) is 5.75 Å². The fourth-order valence-corrected chi connectivity index (χ4v) is 3.35. The monoisotopic (exact) mass is 474 g/mol. The van der Waals surface area contributed by atoms with Gasteiger partial charge < -0.3 is 15.0 Å². The summed E-state index contributed by atoms with van der Waals surface area (Å²) in [7, 11) is 0. The van der Waals surface area contributed by atoms with Crippen molar-refractivity contribution in [2.75, 3.05) is 13.2 Å². The number of nitrogens with one attached hydrogen (secondary N) is 1. The molecule has 0 aromatic heterocycles. The van der Waals surface area contributed by atoms with Crippen LogP contribution in [-0.2, 0) is 16.1 Å². The van der Waals surface area contributed by atoms with E-state index >= 15 is 0 Å². The van der Waals surface area contributed by atoms with E-state index in [0.29, 0.717) is 18.8 Å². The van der Waals surface area contributed by atoms with E-state index in [1.165, 1.54) is 0 Å². The summed E-state index contributed by atoms with van der Waals surface area (Å²) in [6, 6.07) is 12.9. The smallest absolute Gasteiger partial charge is 0.261 e. The van der Waals surface area contributed by atoms with E-state index in [1.54, 1.807) is 11.8 Å². The molecule has 2 amide bonds. The molecule has 0 bridgehead atoms. The summed E-state index contributed by atoms with van der Waals surface area (Å²) in [5, 5.41) is 2.92. The van der Waals surface area contributed by atoms with Gasteiger partial charge in [0, 0.05) is 17.6 Å². The maximum atomic E-state index is 13.0. The van der Waals surface area contributed by atoms with Crippen LogP contribution in [0.5, 0.6) is 5.75 Å². The highest BCUT2D eigenvalue weighted by Gasteiger charge is 2.26. The standard InChI is InChI=1S/C24H31BrN2O3/c1-5-6-12-26-24(29)19(4)27(15-20-10-8-7-9-11-20)22(28)16-30-21-13-17(2)23(25)18(3)14-21/h7-11,13-14,19H,5-6,12,15-16H2,1-4H3,(H,26,29)/t19-/m1/s1. The van der Waals surface area contributed by atoms with Crippen LogP contribution in [-0.4, -0.2) is 35.9 Å². The van der Waals surface area contributed by atoms with Gasteiger partial charge in [-0.25, -0.2) is 0 Å². The summed E-state index contributed by atoms with van der Waals surface area (Å²) in [6.07, 6.45) is 1.91. The first-order valence-corrected chi connectivity index (χ1v) is 11.1. The van der Waals surface area contributed by atoms with E-state index in [9.17, 15) is 9.59 Å². The molecule has 0 unspecified atom stereocenters. The van der Waals surface area contributed by atoms with Crippen molar-refractivity contribution in [2.24, 2.45) is 0 Å². The van der Waals surface area contributed by atoms with Gasteiger partial charge in [-0.2, -0.15) is 0 Å². The van der Waals surface area contributed by atoms with Gasteiger partial charge in [0.05, 0.1) is 0 Å². The minimum absolute atomic E-state index is 0.125. The summed E-state index contributed by atoms with van der Waals surface area (Å²) >= 11 is 3.54. The number of ether oxygens (including phenoxy) is 1. The fraction of sp³-hybridized carbons (Fsp3) is 0.417. The van der Waals surface area contributed by atoms with Crippen molar-refractivity contribution in [1.82, 2.24) is 10.2 Å². The van der Waals surface area contributed by atoms with E-state index in [-0.39, 0.29) is 18.4 Å². The SMILES string of the molecule is CCCCNC(=O)[C@@H](C)N(Cc1ccccc1)C(=O)COc1cc(C)c(Br)c(C)c1. The van der Waals surface area contributed by atoms with Crippen LogP contribution in [0.15, 0.2) is 46.9 Å². The molecule has 0 spiro atoms. The lowest BCUT2D eigenvalue weighted by Crippen LogP contribution is -2.49. The number of rotatable bonds is 10. The second-order valence-electron chi connectivity index (χ2n) is 7.49. The Morgan fingerprint density at radius 1 is 1.13 bits per heavy atom. The summed E-state index contributed by atoms with van der Waals surface area (Å²) in [5.41, 5.74) is 3.05. The summed E-state index contributed by atoms with van der Waals surface area (Å²) in [5.74, 6) is 0.263. The highest BCUT2D eigenvalue weighted by Crippen LogP contribution is 2.26. The van der Waals surface area contributed by atoms with Gasteiger partial charge in [0.1, 0.15) is 11.8 Å². The minimum atomic E-state index is -0.591. The Balaban J connectivity index is 2.12. The first-order chi connectivity index (χ1) is 14.3. The Labute approximate surface area is 187 Å². The Bertz CT molecular complexity index is 832. The molecular formula is C24H31BrN2O3. The first-order valence-electron chi connectivity index (χ1n) is 10.3. The molecule has 30 heavy (non-hydrogen) atoms. The molecule has 0 fully saturated rings.